The van der Waals surface area contributed by atoms with Crippen molar-refractivity contribution in [3.63, 3.8) is 0 Å². The zero-order valence-corrected chi connectivity index (χ0v) is 16.8. The number of anilines is 2. The van der Waals surface area contributed by atoms with Crippen molar-refractivity contribution in [2.24, 2.45) is 11.8 Å². The van der Waals surface area contributed by atoms with Gasteiger partial charge in [0.25, 0.3) is 5.91 Å². The molecule has 0 saturated carbocycles. The molecule has 2 aromatic rings. The summed E-state index contributed by atoms with van der Waals surface area (Å²) in [6.07, 6.45) is 1.63. The van der Waals surface area contributed by atoms with E-state index in [-0.39, 0.29) is 5.91 Å². The number of aryl methyl sites for hydroxylation is 1. The first-order valence-electron chi connectivity index (χ1n) is 10.4. The highest BCUT2D eigenvalue weighted by molar-refractivity contribution is 5.94. The van der Waals surface area contributed by atoms with Crippen LogP contribution in [0.3, 0.4) is 0 Å². The molecule has 2 atom stereocenters. The fourth-order valence-electron chi connectivity index (χ4n) is 4.78. The molecule has 2 unspecified atom stereocenters. The van der Waals surface area contributed by atoms with Crippen molar-refractivity contribution in [1.29, 1.82) is 0 Å². The van der Waals surface area contributed by atoms with Gasteiger partial charge in [0, 0.05) is 74.1 Å². The maximum atomic E-state index is 13.0. The number of hydrogen-bond acceptors (Lipinski definition) is 6. The van der Waals surface area contributed by atoms with E-state index in [0.29, 0.717) is 11.8 Å². The summed E-state index contributed by atoms with van der Waals surface area (Å²) >= 11 is 0. The van der Waals surface area contributed by atoms with Gasteiger partial charge in [-0.3, -0.25) is 4.79 Å². The fraction of sp³-hybridized carbons (Fsp3) is 0.500. The Bertz CT molecular complexity index is 867. The summed E-state index contributed by atoms with van der Waals surface area (Å²) in [5.74, 6) is 2.18. The molecule has 0 bridgehead atoms. The van der Waals surface area contributed by atoms with E-state index in [4.69, 9.17) is 4.74 Å². The lowest BCUT2D eigenvalue weighted by atomic mass is 10.0. The number of nitrogens with zero attached hydrogens (tertiary/aromatic N) is 5. The van der Waals surface area contributed by atoms with E-state index in [1.54, 1.807) is 6.33 Å². The number of carbonyl (C=O) groups excluding carboxylic acids is 1. The lowest BCUT2D eigenvalue weighted by Gasteiger charge is -2.29. The molecule has 4 heterocycles. The molecule has 1 aromatic heterocycles. The number of aromatic nitrogens is 2. The molecule has 3 aliphatic rings. The molecule has 1 amide bonds. The third-order valence-electron chi connectivity index (χ3n) is 6.38. The van der Waals surface area contributed by atoms with Crippen LogP contribution in [0.15, 0.2) is 36.7 Å². The molecule has 0 N–H and O–H groups in total. The number of hydrogen-bond donors (Lipinski definition) is 0. The number of rotatable bonds is 3. The highest BCUT2D eigenvalue weighted by Crippen LogP contribution is 2.34. The summed E-state index contributed by atoms with van der Waals surface area (Å²) in [5.41, 5.74) is 2.94. The summed E-state index contributed by atoms with van der Waals surface area (Å²) in [6.45, 7) is 8.92. The number of fused-ring (bicyclic) bond motifs is 1. The zero-order chi connectivity index (χ0) is 19.8. The molecule has 7 nitrogen and oxygen atoms in total. The summed E-state index contributed by atoms with van der Waals surface area (Å²) in [6, 6.07) is 10.1. The summed E-state index contributed by atoms with van der Waals surface area (Å²) in [4.78, 5) is 28.3. The quantitative estimate of drug-likeness (QED) is 0.793. The van der Waals surface area contributed by atoms with E-state index in [0.717, 1.165) is 69.6 Å². The zero-order valence-electron chi connectivity index (χ0n) is 16.8. The number of amides is 1. The van der Waals surface area contributed by atoms with Gasteiger partial charge in [-0.25, -0.2) is 9.97 Å². The third-order valence-corrected chi connectivity index (χ3v) is 6.38. The number of benzene rings is 1. The van der Waals surface area contributed by atoms with Gasteiger partial charge in [-0.1, -0.05) is 0 Å². The minimum atomic E-state index is 0.150. The van der Waals surface area contributed by atoms with Crippen LogP contribution < -0.4 is 9.80 Å². The molecule has 0 spiro atoms. The second-order valence-electron chi connectivity index (χ2n) is 8.30. The van der Waals surface area contributed by atoms with Crippen molar-refractivity contribution in [2.75, 3.05) is 62.3 Å². The predicted molar refractivity (Wildman–Crippen MR) is 111 cm³/mol. The molecule has 0 radical (unpaired) electrons. The lowest BCUT2D eigenvalue weighted by Crippen LogP contribution is -2.36. The minimum absolute atomic E-state index is 0.150. The molecular weight excluding hydrogens is 366 g/mol. The van der Waals surface area contributed by atoms with Crippen molar-refractivity contribution in [3.05, 3.63) is 47.9 Å². The standard InChI is InChI=1S/C22H27N5O2/c1-16-10-21(24-15-23-16)26-11-18-13-27(14-19(18)12-26)22(28)17-2-4-20(5-3-17)25-6-8-29-9-7-25/h2-5,10,15,18-19H,6-9,11-14H2,1H3. The van der Waals surface area contributed by atoms with Crippen molar-refractivity contribution in [3.8, 4) is 0 Å². The highest BCUT2D eigenvalue weighted by atomic mass is 16.5. The molecule has 29 heavy (non-hydrogen) atoms. The van der Waals surface area contributed by atoms with Crippen LogP contribution in [0.2, 0.25) is 0 Å². The van der Waals surface area contributed by atoms with Crippen LogP contribution in [-0.4, -0.2) is 73.3 Å². The Morgan fingerprint density at radius 1 is 0.966 bits per heavy atom. The Labute approximate surface area is 171 Å². The predicted octanol–water partition coefficient (Wildman–Crippen LogP) is 1.83. The van der Waals surface area contributed by atoms with Crippen LogP contribution in [-0.2, 0) is 4.74 Å². The smallest absolute Gasteiger partial charge is 0.253 e. The maximum Gasteiger partial charge on any atom is 0.253 e. The number of carbonyl (C=O) groups is 1. The Morgan fingerprint density at radius 2 is 1.66 bits per heavy atom. The fourth-order valence-corrected chi connectivity index (χ4v) is 4.78. The van der Waals surface area contributed by atoms with Crippen molar-refractivity contribution in [1.82, 2.24) is 14.9 Å². The lowest BCUT2D eigenvalue weighted by molar-refractivity contribution is 0.0782. The topological polar surface area (TPSA) is 61.8 Å². The van der Waals surface area contributed by atoms with Gasteiger partial charge < -0.3 is 19.4 Å². The van der Waals surface area contributed by atoms with E-state index >= 15 is 0 Å². The number of morpholine rings is 1. The molecule has 152 valence electrons. The van der Waals surface area contributed by atoms with Gasteiger partial charge in [0.05, 0.1) is 13.2 Å². The van der Waals surface area contributed by atoms with E-state index < -0.39 is 0 Å². The first-order chi connectivity index (χ1) is 14.2. The van der Waals surface area contributed by atoms with E-state index in [1.807, 2.05) is 30.0 Å². The highest BCUT2D eigenvalue weighted by Gasteiger charge is 2.42. The Kier molecular flexibility index (Phi) is 4.83. The van der Waals surface area contributed by atoms with Crippen LogP contribution in [0.4, 0.5) is 11.5 Å². The van der Waals surface area contributed by atoms with E-state index in [9.17, 15) is 4.79 Å². The third kappa shape index (κ3) is 3.67. The van der Waals surface area contributed by atoms with Crippen LogP contribution in [0.5, 0.6) is 0 Å². The molecule has 7 heteroatoms. The molecular formula is C22H27N5O2. The van der Waals surface area contributed by atoms with Gasteiger partial charge in [0.1, 0.15) is 12.1 Å². The summed E-state index contributed by atoms with van der Waals surface area (Å²) in [7, 11) is 0. The number of likely N-dealkylation sites (tertiary alicyclic amines) is 1. The summed E-state index contributed by atoms with van der Waals surface area (Å²) < 4.78 is 5.42. The monoisotopic (exact) mass is 393 g/mol. The molecule has 3 fully saturated rings. The van der Waals surface area contributed by atoms with Crippen molar-refractivity contribution >= 4 is 17.4 Å². The minimum Gasteiger partial charge on any atom is -0.378 e. The maximum absolute atomic E-state index is 13.0. The molecule has 3 saturated heterocycles. The normalized spacial score (nSPS) is 24.1. The number of ether oxygens (including phenoxy) is 1. The van der Waals surface area contributed by atoms with Gasteiger partial charge in [-0.2, -0.15) is 0 Å². The molecule has 1 aromatic carbocycles. The second-order valence-corrected chi connectivity index (χ2v) is 8.30. The van der Waals surface area contributed by atoms with Gasteiger partial charge in [0.2, 0.25) is 0 Å². The Morgan fingerprint density at radius 3 is 2.31 bits per heavy atom. The van der Waals surface area contributed by atoms with Crippen LogP contribution in [0, 0.1) is 18.8 Å². The van der Waals surface area contributed by atoms with Crippen LogP contribution in [0.25, 0.3) is 0 Å². The molecule has 0 aliphatic carbocycles. The molecule has 3 aliphatic heterocycles. The Hall–Kier alpha value is -2.67. The SMILES string of the molecule is Cc1cc(N2CC3CN(C(=O)c4ccc(N5CCOCC5)cc4)CC3C2)ncn1. The van der Waals surface area contributed by atoms with Crippen molar-refractivity contribution in [2.45, 2.75) is 6.92 Å². The first kappa shape index (κ1) is 18.4. The Balaban J connectivity index is 1.21. The average molecular weight is 393 g/mol. The second kappa shape index (κ2) is 7.63. The van der Waals surface area contributed by atoms with Gasteiger partial charge >= 0.3 is 0 Å². The van der Waals surface area contributed by atoms with Crippen LogP contribution in [0.1, 0.15) is 16.1 Å². The molecule has 5 rings (SSSR count). The van der Waals surface area contributed by atoms with E-state index in [2.05, 4.69) is 31.9 Å². The summed E-state index contributed by atoms with van der Waals surface area (Å²) in [5, 5.41) is 0. The van der Waals surface area contributed by atoms with E-state index in [1.165, 1.54) is 5.69 Å². The first-order valence-corrected chi connectivity index (χ1v) is 10.4. The average Bonchev–Trinajstić information content (AvgIpc) is 3.34. The van der Waals surface area contributed by atoms with Gasteiger partial charge in [0.15, 0.2) is 0 Å². The van der Waals surface area contributed by atoms with Gasteiger partial charge in [-0.15, -0.1) is 0 Å². The van der Waals surface area contributed by atoms with Gasteiger partial charge in [-0.05, 0) is 31.2 Å². The van der Waals surface area contributed by atoms with Crippen molar-refractivity contribution < 1.29 is 9.53 Å². The van der Waals surface area contributed by atoms with Crippen LogP contribution >= 0.6 is 0 Å². The largest absolute Gasteiger partial charge is 0.378 e.